The zero-order valence-corrected chi connectivity index (χ0v) is 9.53. The number of Topliss-reactive ketones (excluding diaryl/α,β-unsaturated/α-hetero) is 1. The topological polar surface area (TPSA) is 80.4 Å². The molecule has 0 aliphatic heterocycles. The van der Waals surface area contributed by atoms with Crippen molar-refractivity contribution in [2.75, 3.05) is 6.54 Å². The fourth-order valence-electron chi connectivity index (χ4n) is 1.63. The molecule has 15 heavy (non-hydrogen) atoms. The van der Waals surface area contributed by atoms with Crippen molar-refractivity contribution in [1.82, 2.24) is 0 Å². The smallest absolute Gasteiger partial charge is 0.372 e. The molecule has 1 atom stereocenters. The predicted octanol–water partition coefficient (Wildman–Crippen LogP) is 1.43. The second-order valence-electron chi connectivity index (χ2n) is 4.28. The molecule has 0 aromatic carbocycles. The summed E-state index contributed by atoms with van der Waals surface area (Å²) in [4.78, 5) is 21.9. The van der Waals surface area contributed by atoms with E-state index in [-0.39, 0.29) is 5.92 Å². The van der Waals surface area contributed by atoms with Crippen molar-refractivity contribution in [3.8, 4) is 0 Å². The largest absolute Gasteiger partial charge is 0.475 e. The molecule has 0 bridgehead atoms. The number of carbonyl (C=O) groups excluding carboxylic acids is 1. The SMILES string of the molecule is CC(C)C[C@@H](CCCCN)C(=O)C(=O)O. The molecule has 0 saturated heterocycles. The minimum atomic E-state index is -1.31. The van der Waals surface area contributed by atoms with Crippen LogP contribution in [0.5, 0.6) is 0 Å². The lowest BCUT2D eigenvalue weighted by molar-refractivity contribution is -0.151. The van der Waals surface area contributed by atoms with E-state index in [9.17, 15) is 9.59 Å². The summed E-state index contributed by atoms with van der Waals surface area (Å²) in [5, 5.41) is 8.65. The fourth-order valence-corrected chi connectivity index (χ4v) is 1.63. The lowest BCUT2D eigenvalue weighted by Gasteiger charge is -2.15. The van der Waals surface area contributed by atoms with Crippen LogP contribution in [0.25, 0.3) is 0 Å². The molecule has 3 N–H and O–H groups in total. The van der Waals surface area contributed by atoms with Gasteiger partial charge in [-0.05, 0) is 31.7 Å². The van der Waals surface area contributed by atoms with Crippen LogP contribution in [0, 0.1) is 11.8 Å². The normalized spacial score (nSPS) is 12.8. The zero-order chi connectivity index (χ0) is 11.8. The second kappa shape index (κ2) is 7.40. The van der Waals surface area contributed by atoms with Crippen LogP contribution in [0.1, 0.15) is 39.5 Å². The number of carbonyl (C=O) groups is 2. The molecule has 0 spiro atoms. The molecular formula is C11H21NO3. The average molecular weight is 215 g/mol. The maximum absolute atomic E-state index is 11.3. The van der Waals surface area contributed by atoms with Gasteiger partial charge in [0.05, 0.1) is 0 Å². The molecule has 0 fully saturated rings. The lowest BCUT2D eigenvalue weighted by Crippen LogP contribution is -2.24. The van der Waals surface area contributed by atoms with Crippen LogP contribution < -0.4 is 5.73 Å². The van der Waals surface area contributed by atoms with Crippen LogP contribution >= 0.6 is 0 Å². The number of ketones is 1. The van der Waals surface area contributed by atoms with Crippen LogP contribution in [-0.2, 0) is 9.59 Å². The minimum absolute atomic E-state index is 0.339. The van der Waals surface area contributed by atoms with Crippen LogP contribution in [0.4, 0.5) is 0 Å². The Labute approximate surface area is 90.8 Å². The third-order valence-electron chi connectivity index (χ3n) is 2.34. The van der Waals surface area contributed by atoms with Crippen LogP contribution in [0.15, 0.2) is 0 Å². The van der Waals surface area contributed by atoms with Gasteiger partial charge in [0.2, 0.25) is 5.78 Å². The van der Waals surface area contributed by atoms with Crippen LogP contribution in [-0.4, -0.2) is 23.4 Å². The molecule has 0 aliphatic carbocycles. The minimum Gasteiger partial charge on any atom is -0.475 e. The molecule has 88 valence electrons. The van der Waals surface area contributed by atoms with Gasteiger partial charge in [-0.25, -0.2) is 4.79 Å². The number of aliphatic carboxylic acids is 1. The van der Waals surface area contributed by atoms with Crippen molar-refractivity contribution in [2.24, 2.45) is 17.6 Å². The molecule has 0 unspecified atom stereocenters. The van der Waals surface area contributed by atoms with Crippen molar-refractivity contribution in [3.05, 3.63) is 0 Å². The van der Waals surface area contributed by atoms with Gasteiger partial charge in [-0.1, -0.05) is 20.3 Å². The van der Waals surface area contributed by atoms with E-state index in [0.29, 0.717) is 25.3 Å². The Morgan fingerprint density at radius 1 is 1.27 bits per heavy atom. The molecule has 0 saturated carbocycles. The Bertz CT molecular complexity index is 214. The van der Waals surface area contributed by atoms with Gasteiger partial charge in [0.15, 0.2) is 0 Å². The predicted molar refractivity (Wildman–Crippen MR) is 58.5 cm³/mol. The van der Waals surface area contributed by atoms with Gasteiger partial charge in [0, 0.05) is 5.92 Å². The van der Waals surface area contributed by atoms with Gasteiger partial charge < -0.3 is 10.8 Å². The Hall–Kier alpha value is -0.900. The molecule has 0 aromatic rings. The summed E-state index contributed by atoms with van der Waals surface area (Å²) in [5.74, 6) is -1.96. The van der Waals surface area contributed by atoms with Crippen molar-refractivity contribution in [1.29, 1.82) is 0 Å². The van der Waals surface area contributed by atoms with Crippen molar-refractivity contribution in [2.45, 2.75) is 39.5 Å². The number of hydrogen-bond acceptors (Lipinski definition) is 3. The summed E-state index contributed by atoms with van der Waals surface area (Å²) >= 11 is 0. The summed E-state index contributed by atoms with van der Waals surface area (Å²) in [7, 11) is 0. The van der Waals surface area contributed by atoms with E-state index in [1.165, 1.54) is 0 Å². The molecule has 0 rings (SSSR count). The summed E-state index contributed by atoms with van der Waals surface area (Å²) in [5.41, 5.74) is 5.35. The van der Waals surface area contributed by atoms with Gasteiger partial charge in [0.25, 0.3) is 0 Å². The Kier molecular flexibility index (Phi) is 6.96. The van der Waals surface area contributed by atoms with E-state index >= 15 is 0 Å². The van der Waals surface area contributed by atoms with Gasteiger partial charge in [-0.15, -0.1) is 0 Å². The molecule has 0 radical (unpaired) electrons. The average Bonchev–Trinajstić information content (AvgIpc) is 2.14. The van der Waals surface area contributed by atoms with Crippen molar-refractivity contribution < 1.29 is 14.7 Å². The van der Waals surface area contributed by atoms with Gasteiger partial charge in [-0.3, -0.25) is 4.79 Å². The van der Waals surface area contributed by atoms with E-state index < -0.39 is 11.8 Å². The third kappa shape index (κ3) is 6.23. The number of nitrogens with two attached hydrogens (primary N) is 1. The summed E-state index contributed by atoms with van der Waals surface area (Å²) < 4.78 is 0. The molecule has 0 aliphatic rings. The highest BCUT2D eigenvalue weighted by Crippen LogP contribution is 2.19. The fraction of sp³-hybridized carbons (Fsp3) is 0.818. The number of unbranched alkanes of at least 4 members (excludes halogenated alkanes) is 1. The van der Waals surface area contributed by atoms with Gasteiger partial charge >= 0.3 is 5.97 Å². The molecule has 4 nitrogen and oxygen atoms in total. The number of carboxylic acids is 1. The highest BCUT2D eigenvalue weighted by molar-refractivity contribution is 6.33. The van der Waals surface area contributed by atoms with Gasteiger partial charge in [0.1, 0.15) is 0 Å². The maximum atomic E-state index is 11.3. The molecule has 0 amide bonds. The Balaban J connectivity index is 4.18. The number of carboxylic acid groups (broad SMARTS) is 1. The van der Waals surface area contributed by atoms with E-state index in [1.54, 1.807) is 0 Å². The molecular weight excluding hydrogens is 194 g/mol. The van der Waals surface area contributed by atoms with E-state index in [1.807, 2.05) is 13.8 Å². The highest BCUT2D eigenvalue weighted by atomic mass is 16.4. The van der Waals surface area contributed by atoms with E-state index in [2.05, 4.69) is 0 Å². The lowest BCUT2D eigenvalue weighted by atomic mass is 9.89. The summed E-state index contributed by atoms with van der Waals surface area (Å²) in [6.07, 6.45) is 2.96. The molecule has 0 heterocycles. The quantitative estimate of drug-likeness (QED) is 0.474. The monoisotopic (exact) mass is 215 g/mol. The Morgan fingerprint density at radius 2 is 1.87 bits per heavy atom. The zero-order valence-electron chi connectivity index (χ0n) is 9.53. The third-order valence-corrected chi connectivity index (χ3v) is 2.34. The standard InChI is InChI=1S/C11H21NO3/c1-8(2)7-9(5-3-4-6-12)10(13)11(14)15/h8-9H,3-7,12H2,1-2H3,(H,14,15)/t9-/m1/s1. The summed E-state index contributed by atoms with van der Waals surface area (Å²) in [6.45, 7) is 4.58. The first kappa shape index (κ1) is 14.1. The first-order valence-corrected chi connectivity index (χ1v) is 5.46. The highest BCUT2D eigenvalue weighted by Gasteiger charge is 2.24. The maximum Gasteiger partial charge on any atom is 0.372 e. The second-order valence-corrected chi connectivity index (χ2v) is 4.28. The Morgan fingerprint density at radius 3 is 2.27 bits per heavy atom. The van der Waals surface area contributed by atoms with Crippen molar-refractivity contribution >= 4 is 11.8 Å². The van der Waals surface area contributed by atoms with Crippen molar-refractivity contribution in [3.63, 3.8) is 0 Å². The number of rotatable bonds is 8. The number of hydrogen-bond donors (Lipinski definition) is 2. The molecule has 4 heteroatoms. The van der Waals surface area contributed by atoms with E-state index in [4.69, 9.17) is 10.8 Å². The first-order chi connectivity index (χ1) is 6.99. The summed E-state index contributed by atoms with van der Waals surface area (Å²) in [6, 6.07) is 0. The van der Waals surface area contributed by atoms with Crippen LogP contribution in [0.3, 0.4) is 0 Å². The molecule has 0 aromatic heterocycles. The van der Waals surface area contributed by atoms with Gasteiger partial charge in [-0.2, -0.15) is 0 Å². The van der Waals surface area contributed by atoms with E-state index in [0.717, 1.165) is 12.8 Å². The first-order valence-electron chi connectivity index (χ1n) is 5.46. The van der Waals surface area contributed by atoms with Crippen LogP contribution in [0.2, 0.25) is 0 Å².